The number of hydrogen-bond donors (Lipinski definition) is 1. The quantitative estimate of drug-likeness (QED) is 0.530. The topological polar surface area (TPSA) is 73.9 Å². The summed E-state index contributed by atoms with van der Waals surface area (Å²) < 4.78 is 44.2. The van der Waals surface area contributed by atoms with Gasteiger partial charge in [0.05, 0.1) is 11.2 Å². The molecule has 0 spiro atoms. The van der Waals surface area contributed by atoms with Crippen LogP contribution in [0.1, 0.15) is 46.3 Å². The fourth-order valence-corrected chi connectivity index (χ4v) is 3.41. The zero-order valence-corrected chi connectivity index (χ0v) is 19.0. The lowest BCUT2D eigenvalue weighted by molar-refractivity contribution is -0.152. The van der Waals surface area contributed by atoms with Gasteiger partial charge in [-0.2, -0.15) is 0 Å². The maximum atomic E-state index is 13.6. The predicted molar refractivity (Wildman–Crippen MR) is 117 cm³/mol. The minimum absolute atomic E-state index is 0.143. The van der Waals surface area contributed by atoms with Crippen LogP contribution < -0.4 is 10.8 Å². The van der Waals surface area contributed by atoms with Gasteiger partial charge in [-0.15, -0.1) is 0 Å². The molecule has 1 aliphatic rings. The van der Waals surface area contributed by atoms with E-state index >= 15 is 0 Å². The lowest BCUT2D eigenvalue weighted by Gasteiger charge is -2.32. The van der Waals surface area contributed by atoms with Crippen LogP contribution >= 0.6 is 11.6 Å². The van der Waals surface area contributed by atoms with E-state index in [-0.39, 0.29) is 16.3 Å². The first-order chi connectivity index (χ1) is 14.8. The Morgan fingerprint density at radius 3 is 2.09 bits per heavy atom. The molecular weight excluding hydrogens is 443 g/mol. The highest BCUT2D eigenvalue weighted by Crippen LogP contribution is 2.37. The normalized spacial score (nSPS) is 17.7. The monoisotopic (exact) mass is 465 g/mol. The van der Waals surface area contributed by atoms with E-state index < -0.39 is 47.9 Å². The van der Waals surface area contributed by atoms with Gasteiger partial charge in [0.15, 0.2) is 0 Å². The molecule has 1 atom stereocenters. The summed E-state index contributed by atoms with van der Waals surface area (Å²) in [5, 5.41) is 2.83. The third-order valence-corrected chi connectivity index (χ3v) is 5.81. The minimum Gasteiger partial charge on any atom is -0.447 e. The molecule has 0 bridgehead atoms. The first-order valence-electron chi connectivity index (χ1n) is 9.88. The summed E-state index contributed by atoms with van der Waals surface area (Å²) in [6, 6.07) is 7.19. The van der Waals surface area contributed by atoms with Crippen LogP contribution in [0, 0.1) is 11.6 Å². The summed E-state index contributed by atoms with van der Waals surface area (Å²) in [4.78, 5) is 24.2. The van der Waals surface area contributed by atoms with Crippen LogP contribution in [0.4, 0.5) is 14.5 Å². The molecule has 0 aliphatic carbocycles. The molecule has 2 aromatic rings. The van der Waals surface area contributed by atoms with Crippen LogP contribution in [0.3, 0.4) is 0 Å². The Morgan fingerprint density at radius 1 is 1.03 bits per heavy atom. The number of benzene rings is 2. The van der Waals surface area contributed by atoms with E-state index in [4.69, 9.17) is 25.6 Å². The molecule has 1 amide bonds. The van der Waals surface area contributed by atoms with Crippen molar-refractivity contribution in [3.05, 3.63) is 58.6 Å². The molecule has 10 heteroatoms. The number of esters is 1. The summed E-state index contributed by atoms with van der Waals surface area (Å²) >= 11 is 6.41. The Bertz CT molecular complexity index is 1030. The van der Waals surface area contributed by atoms with Gasteiger partial charge in [-0.1, -0.05) is 17.7 Å². The highest BCUT2D eigenvalue weighted by Gasteiger charge is 2.52. The van der Waals surface area contributed by atoms with Crippen LogP contribution in [0.15, 0.2) is 36.4 Å². The minimum atomic E-state index is -1.56. The Balaban J connectivity index is 1.82. The fourth-order valence-electron chi connectivity index (χ4n) is 3.14. The van der Waals surface area contributed by atoms with Crippen LogP contribution in [-0.2, 0) is 23.6 Å². The Kier molecular flexibility index (Phi) is 6.65. The summed E-state index contributed by atoms with van der Waals surface area (Å²) in [5.74, 6) is -3.40. The molecule has 2 aromatic carbocycles. The second kappa shape index (κ2) is 8.81. The van der Waals surface area contributed by atoms with E-state index in [9.17, 15) is 18.4 Å². The molecule has 1 N–H and O–H groups in total. The third kappa shape index (κ3) is 5.11. The number of ether oxygens (including phenoxy) is 1. The Hall–Kier alpha value is -2.49. The van der Waals surface area contributed by atoms with E-state index in [1.165, 1.54) is 6.07 Å². The highest BCUT2D eigenvalue weighted by molar-refractivity contribution is 6.65. The number of carbonyl (C=O) groups excluding carboxylic acids is 2. The number of carbonyl (C=O) groups is 2. The van der Waals surface area contributed by atoms with Gasteiger partial charge in [-0.05, 0) is 52.0 Å². The van der Waals surface area contributed by atoms with E-state index in [0.29, 0.717) is 11.5 Å². The van der Waals surface area contributed by atoms with E-state index in [1.807, 2.05) is 27.7 Å². The standard InChI is InChI=1S/C22H23BClF2NO5/c1-12(28)30-19(13-8-14(25)10-15(26)9-13)20(29)27-16-6-7-17(18(24)11-16)23-31-21(2,3)22(4,5)32-23/h6-11,19H,1-5H3,(H,27,29). The number of nitrogens with one attached hydrogen (secondary N) is 1. The van der Waals surface area contributed by atoms with Crippen molar-refractivity contribution in [3.63, 3.8) is 0 Å². The molecule has 3 rings (SSSR count). The van der Waals surface area contributed by atoms with E-state index in [0.717, 1.165) is 19.1 Å². The lowest BCUT2D eigenvalue weighted by Crippen LogP contribution is -2.41. The molecule has 1 fully saturated rings. The molecule has 1 unspecified atom stereocenters. The summed E-state index contributed by atoms with van der Waals surface area (Å²) in [6.45, 7) is 8.76. The van der Waals surface area contributed by atoms with Crippen molar-refractivity contribution in [2.75, 3.05) is 5.32 Å². The van der Waals surface area contributed by atoms with E-state index in [2.05, 4.69) is 5.32 Å². The van der Waals surface area contributed by atoms with Crippen molar-refractivity contribution in [1.29, 1.82) is 0 Å². The number of hydrogen-bond acceptors (Lipinski definition) is 5. The summed E-state index contributed by atoms with van der Waals surface area (Å²) in [6.07, 6.45) is -1.56. The lowest BCUT2D eigenvalue weighted by atomic mass is 9.79. The van der Waals surface area contributed by atoms with Gasteiger partial charge in [-0.3, -0.25) is 9.59 Å². The van der Waals surface area contributed by atoms with Crippen LogP contribution in [0.2, 0.25) is 5.02 Å². The highest BCUT2D eigenvalue weighted by atomic mass is 35.5. The molecule has 1 aliphatic heterocycles. The van der Waals surface area contributed by atoms with Gasteiger partial charge in [0.1, 0.15) is 11.6 Å². The summed E-state index contributed by atoms with van der Waals surface area (Å²) in [5.41, 5.74) is -0.382. The molecule has 0 saturated carbocycles. The molecule has 32 heavy (non-hydrogen) atoms. The van der Waals surface area contributed by atoms with Gasteiger partial charge in [0.25, 0.3) is 5.91 Å². The van der Waals surface area contributed by atoms with Crippen LogP contribution in [0.5, 0.6) is 0 Å². The van der Waals surface area contributed by atoms with Crippen LogP contribution in [0.25, 0.3) is 0 Å². The number of rotatable bonds is 5. The zero-order valence-electron chi connectivity index (χ0n) is 18.3. The average molecular weight is 466 g/mol. The maximum absolute atomic E-state index is 13.6. The third-order valence-electron chi connectivity index (χ3n) is 5.48. The van der Waals surface area contributed by atoms with E-state index in [1.54, 1.807) is 12.1 Å². The SMILES string of the molecule is CC(=O)OC(C(=O)Nc1ccc(B2OC(C)(C)C(C)(C)O2)c(Cl)c1)c1cc(F)cc(F)c1. The summed E-state index contributed by atoms with van der Waals surface area (Å²) in [7, 11) is -0.693. The van der Waals surface area contributed by atoms with Crippen molar-refractivity contribution in [3.8, 4) is 0 Å². The second-order valence-electron chi connectivity index (χ2n) is 8.51. The van der Waals surface area contributed by atoms with Gasteiger partial charge in [0.2, 0.25) is 6.10 Å². The second-order valence-corrected chi connectivity index (χ2v) is 8.91. The molecule has 170 valence electrons. The largest absolute Gasteiger partial charge is 0.496 e. The molecule has 1 saturated heterocycles. The van der Waals surface area contributed by atoms with Crippen molar-refractivity contribution < 1.29 is 32.4 Å². The molecule has 1 heterocycles. The number of amides is 1. The molecule has 6 nitrogen and oxygen atoms in total. The maximum Gasteiger partial charge on any atom is 0.496 e. The van der Waals surface area contributed by atoms with Gasteiger partial charge in [-0.25, -0.2) is 8.78 Å². The first kappa shape index (κ1) is 24.2. The van der Waals surface area contributed by atoms with Crippen molar-refractivity contribution in [2.24, 2.45) is 0 Å². The Labute approximate surface area is 190 Å². The van der Waals surface area contributed by atoms with Gasteiger partial charge in [0, 0.05) is 34.7 Å². The zero-order chi connectivity index (χ0) is 23.8. The molecule has 0 radical (unpaired) electrons. The smallest absolute Gasteiger partial charge is 0.447 e. The average Bonchev–Trinajstić information content (AvgIpc) is 2.85. The Morgan fingerprint density at radius 2 is 1.59 bits per heavy atom. The van der Waals surface area contributed by atoms with Crippen molar-refractivity contribution >= 4 is 41.7 Å². The molecular formula is C22H23BClF2NO5. The predicted octanol–water partition coefficient (Wildman–Crippen LogP) is 4.16. The van der Waals surface area contributed by atoms with Gasteiger partial charge < -0.3 is 19.4 Å². The van der Waals surface area contributed by atoms with Gasteiger partial charge >= 0.3 is 13.1 Å². The van der Waals surface area contributed by atoms with Crippen LogP contribution in [-0.4, -0.2) is 30.2 Å². The fraction of sp³-hybridized carbons (Fsp3) is 0.364. The number of anilines is 1. The first-order valence-corrected chi connectivity index (χ1v) is 10.3. The number of halogens is 3. The van der Waals surface area contributed by atoms with Crippen molar-refractivity contribution in [1.82, 2.24) is 0 Å². The molecule has 0 aromatic heterocycles. The van der Waals surface area contributed by atoms with Crippen molar-refractivity contribution in [2.45, 2.75) is 51.9 Å².